The van der Waals surface area contributed by atoms with Gasteiger partial charge >= 0.3 is 5.97 Å². The van der Waals surface area contributed by atoms with E-state index in [1.807, 2.05) is 0 Å². The Bertz CT molecular complexity index is 517. The summed E-state index contributed by atoms with van der Waals surface area (Å²) in [4.78, 5) is 10.7. The highest BCUT2D eigenvalue weighted by molar-refractivity contribution is 7.94. The van der Waals surface area contributed by atoms with E-state index in [1.54, 1.807) is 6.92 Å². The molecular weight excluding hydrogens is 238 g/mol. The van der Waals surface area contributed by atoms with Crippen LogP contribution in [0.15, 0.2) is 10.3 Å². The van der Waals surface area contributed by atoms with Gasteiger partial charge < -0.3 is 10.4 Å². The van der Waals surface area contributed by atoms with Gasteiger partial charge in [-0.05, 0) is 13.0 Å². The third-order valence-corrected chi connectivity index (χ3v) is 6.10. The van der Waals surface area contributed by atoms with Crippen LogP contribution in [0.3, 0.4) is 0 Å². The Labute approximate surface area is 90.7 Å². The van der Waals surface area contributed by atoms with Crippen LogP contribution in [0.2, 0.25) is 0 Å². The average molecular weight is 247 g/mol. The van der Waals surface area contributed by atoms with Crippen LogP contribution in [0, 0.1) is 0 Å². The molecule has 0 bridgehead atoms. The van der Waals surface area contributed by atoms with E-state index in [2.05, 4.69) is 5.32 Å². The van der Waals surface area contributed by atoms with Crippen molar-refractivity contribution in [3.05, 3.63) is 10.9 Å². The Morgan fingerprint density at radius 1 is 1.67 bits per heavy atom. The molecule has 2 rings (SSSR count). The molecule has 1 aromatic rings. The predicted molar refractivity (Wildman–Crippen MR) is 56.4 cm³/mol. The smallest absolute Gasteiger partial charge is 0.345 e. The highest BCUT2D eigenvalue weighted by Gasteiger charge is 2.33. The number of rotatable bonds is 1. The van der Waals surface area contributed by atoms with Gasteiger partial charge in [-0.2, -0.15) is 0 Å². The Morgan fingerprint density at radius 3 is 2.93 bits per heavy atom. The van der Waals surface area contributed by atoms with Crippen LogP contribution < -0.4 is 5.32 Å². The SMILES string of the molecule is CC1CNc2cc(C(=O)O)sc2S1(=O)=O. The molecule has 0 amide bonds. The van der Waals surface area contributed by atoms with Crippen molar-refractivity contribution in [1.82, 2.24) is 0 Å². The van der Waals surface area contributed by atoms with E-state index >= 15 is 0 Å². The summed E-state index contributed by atoms with van der Waals surface area (Å²) >= 11 is 0.804. The second-order valence-corrected chi connectivity index (χ2v) is 6.97. The van der Waals surface area contributed by atoms with E-state index in [0.717, 1.165) is 11.3 Å². The number of anilines is 1. The highest BCUT2D eigenvalue weighted by Crippen LogP contribution is 2.37. The largest absolute Gasteiger partial charge is 0.477 e. The van der Waals surface area contributed by atoms with E-state index in [9.17, 15) is 13.2 Å². The lowest BCUT2D eigenvalue weighted by Gasteiger charge is -2.19. The topological polar surface area (TPSA) is 83.5 Å². The van der Waals surface area contributed by atoms with E-state index < -0.39 is 21.1 Å². The molecule has 2 heterocycles. The van der Waals surface area contributed by atoms with Gasteiger partial charge in [0.15, 0.2) is 9.84 Å². The lowest BCUT2D eigenvalue weighted by molar-refractivity contribution is 0.0702. The average Bonchev–Trinajstić information content (AvgIpc) is 2.57. The number of nitrogens with one attached hydrogen (secondary N) is 1. The second kappa shape index (κ2) is 3.21. The van der Waals surface area contributed by atoms with Gasteiger partial charge in [-0.15, -0.1) is 11.3 Å². The van der Waals surface area contributed by atoms with Crippen molar-refractivity contribution in [2.75, 3.05) is 11.9 Å². The van der Waals surface area contributed by atoms with Crippen molar-refractivity contribution in [2.24, 2.45) is 0 Å². The first-order valence-corrected chi connectivity index (χ1v) is 6.64. The molecule has 1 unspecified atom stereocenters. The summed E-state index contributed by atoms with van der Waals surface area (Å²) in [6, 6.07) is 1.37. The van der Waals surface area contributed by atoms with Gasteiger partial charge in [0.2, 0.25) is 0 Å². The zero-order chi connectivity index (χ0) is 11.2. The molecular formula is C8H9NO4S2. The van der Waals surface area contributed by atoms with Crippen LogP contribution in [0.25, 0.3) is 0 Å². The number of sulfone groups is 1. The maximum absolute atomic E-state index is 11.8. The molecule has 0 aliphatic carbocycles. The number of hydrogen-bond acceptors (Lipinski definition) is 5. The Kier molecular flexibility index (Phi) is 2.23. The molecule has 1 aliphatic heterocycles. The van der Waals surface area contributed by atoms with Gasteiger partial charge in [0.05, 0.1) is 10.9 Å². The van der Waals surface area contributed by atoms with Crippen LogP contribution >= 0.6 is 11.3 Å². The monoisotopic (exact) mass is 247 g/mol. The molecule has 0 fully saturated rings. The minimum Gasteiger partial charge on any atom is -0.477 e. The summed E-state index contributed by atoms with van der Waals surface area (Å²) in [5.74, 6) is -1.10. The normalized spacial score (nSPS) is 22.9. The lowest BCUT2D eigenvalue weighted by Crippen LogP contribution is -2.30. The van der Waals surface area contributed by atoms with Crippen LogP contribution in [0.4, 0.5) is 5.69 Å². The summed E-state index contributed by atoms with van der Waals surface area (Å²) < 4.78 is 23.8. The first kappa shape index (κ1) is 10.4. The first-order chi connectivity index (χ1) is 6.93. The van der Waals surface area contributed by atoms with Gasteiger partial charge in [-0.3, -0.25) is 0 Å². The van der Waals surface area contributed by atoms with E-state index in [1.165, 1.54) is 6.07 Å². The molecule has 2 N–H and O–H groups in total. The summed E-state index contributed by atoms with van der Waals surface area (Å²) in [7, 11) is -3.34. The molecule has 5 nitrogen and oxygen atoms in total. The van der Waals surface area contributed by atoms with E-state index in [4.69, 9.17) is 5.11 Å². The van der Waals surface area contributed by atoms with Gasteiger partial charge in [0.25, 0.3) is 0 Å². The number of aromatic carboxylic acids is 1. The van der Waals surface area contributed by atoms with E-state index in [0.29, 0.717) is 12.2 Å². The minimum absolute atomic E-state index is 0.0465. The molecule has 15 heavy (non-hydrogen) atoms. The fraction of sp³-hybridized carbons (Fsp3) is 0.375. The Hall–Kier alpha value is -1.08. The van der Waals surface area contributed by atoms with E-state index in [-0.39, 0.29) is 9.09 Å². The third kappa shape index (κ3) is 1.51. The zero-order valence-electron chi connectivity index (χ0n) is 7.85. The van der Waals surface area contributed by atoms with Gasteiger partial charge in [-0.1, -0.05) is 0 Å². The van der Waals surface area contributed by atoms with Crippen LogP contribution in [0.5, 0.6) is 0 Å². The molecule has 0 radical (unpaired) electrons. The first-order valence-electron chi connectivity index (χ1n) is 4.28. The van der Waals surface area contributed by atoms with Crippen molar-refractivity contribution < 1.29 is 18.3 Å². The Morgan fingerprint density at radius 2 is 2.33 bits per heavy atom. The second-order valence-electron chi connectivity index (χ2n) is 3.35. The number of carbonyl (C=O) groups is 1. The molecule has 1 atom stereocenters. The van der Waals surface area contributed by atoms with Crippen molar-refractivity contribution in [2.45, 2.75) is 16.4 Å². The maximum Gasteiger partial charge on any atom is 0.345 e. The van der Waals surface area contributed by atoms with Crippen molar-refractivity contribution >= 4 is 32.8 Å². The molecule has 1 aliphatic rings. The molecule has 7 heteroatoms. The van der Waals surface area contributed by atoms with Gasteiger partial charge in [0, 0.05) is 6.54 Å². The summed E-state index contributed by atoms with van der Waals surface area (Å²) in [5.41, 5.74) is 0.413. The van der Waals surface area contributed by atoms with Gasteiger partial charge in [-0.25, -0.2) is 13.2 Å². The summed E-state index contributed by atoms with van der Waals surface area (Å²) in [5, 5.41) is 11.2. The van der Waals surface area contributed by atoms with Crippen molar-refractivity contribution in [3.8, 4) is 0 Å². The molecule has 0 aromatic carbocycles. The fourth-order valence-electron chi connectivity index (χ4n) is 1.36. The number of thiophene rings is 1. The quantitative estimate of drug-likeness (QED) is 0.774. The predicted octanol–water partition coefficient (Wildman–Crippen LogP) is 1.03. The fourth-order valence-corrected chi connectivity index (χ4v) is 4.40. The number of hydrogen-bond donors (Lipinski definition) is 2. The molecule has 0 saturated heterocycles. The van der Waals surface area contributed by atoms with Crippen LogP contribution in [-0.2, 0) is 9.84 Å². The summed E-state index contributed by atoms with van der Waals surface area (Å²) in [6.45, 7) is 1.93. The van der Waals surface area contributed by atoms with Gasteiger partial charge in [0.1, 0.15) is 9.09 Å². The Balaban J connectivity index is 2.61. The number of carboxylic acids is 1. The zero-order valence-corrected chi connectivity index (χ0v) is 9.48. The standard InChI is InChI=1S/C8H9NO4S2/c1-4-3-9-5-2-6(7(10)11)14-8(5)15(4,12)13/h2,4,9H,3H2,1H3,(H,10,11). The maximum atomic E-state index is 11.8. The van der Waals surface area contributed by atoms with Crippen molar-refractivity contribution in [3.63, 3.8) is 0 Å². The highest BCUT2D eigenvalue weighted by atomic mass is 32.2. The molecule has 82 valence electrons. The molecule has 0 spiro atoms. The molecule has 1 aromatic heterocycles. The van der Waals surface area contributed by atoms with Crippen molar-refractivity contribution in [1.29, 1.82) is 0 Å². The lowest BCUT2D eigenvalue weighted by atomic mass is 10.4. The number of carboxylic acid groups (broad SMARTS) is 1. The van der Waals surface area contributed by atoms with Crippen LogP contribution in [-0.4, -0.2) is 31.3 Å². The third-order valence-electron chi connectivity index (χ3n) is 2.28. The molecule has 0 saturated carbocycles. The van der Waals surface area contributed by atoms with Crippen LogP contribution in [0.1, 0.15) is 16.6 Å². The minimum atomic E-state index is -3.34. The summed E-state index contributed by atoms with van der Waals surface area (Å²) in [6.07, 6.45) is 0. The number of fused-ring (bicyclic) bond motifs is 1.